The number of nitrogens with one attached hydrogen (secondary N) is 1. The Morgan fingerprint density at radius 3 is 2.81 bits per heavy atom. The molecule has 1 aliphatic rings. The van der Waals surface area contributed by atoms with Crippen molar-refractivity contribution in [2.45, 2.75) is 26.3 Å². The van der Waals surface area contributed by atoms with Crippen LogP contribution in [0.1, 0.15) is 26.3 Å². The molecule has 2 nitrogen and oxygen atoms in total. The summed E-state index contributed by atoms with van der Waals surface area (Å²) >= 11 is 5.30. The number of rotatable bonds is 1. The minimum Gasteiger partial charge on any atom is -0.331 e. The predicted octanol–water partition coefficient (Wildman–Crippen LogP) is 3.81. The van der Waals surface area contributed by atoms with E-state index in [1.165, 1.54) is 6.07 Å². The third-order valence-corrected chi connectivity index (χ3v) is 3.75. The van der Waals surface area contributed by atoms with Gasteiger partial charge in [0.15, 0.2) is 4.77 Å². The Labute approximate surface area is 98.1 Å². The maximum Gasteiger partial charge on any atom is 0.178 e. The van der Waals surface area contributed by atoms with Crippen molar-refractivity contribution in [3.8, 4) is 0 Å². The molecule has 1 aromatic heterocycles. The highest BCUT2D eigenvalue weighted by Gasteiger charge is 2.47. The molecule has 0 amide bonds. The van der Waals surface area contributed by atoms with Gasteiger partial charge in [0.1, 0.15) is 5.82 Å². The lowest BCUT2D eigenvalue weighted by atomic mass is 10.2. The number of imidazole rings is 1. The molecule has 0 radical (unpaired) electrons. The predicted molar refractivity (Wildman–Crippen MR) is 64.5 cm³/mol. The quantitative estimate of drug-likeness (QED) is 0.747. The lowest BCUT2D eigenvalue weighted by Crippen LogP contribution is -2.00. The number of halogens is 1. The topological polar surface area (TPSA) is 20.7 Å². The van der Waals surface area contributed by atoms with Crippen LogP contribution in [0.15, 0.2) is 18.2 Å². The van der Waals surface area contributed by atoms with Gasteiger partial charge in [0.2, 0.25) is 0 Å². The first-order valence-electron chi connectivity index (χ1n) is 5.39. The Morgan fingerprint density at radius 1 is 1.50 bits per heavy atom. The minimum atomic E-state index is -0.214. The summed E-state index contributed by atoms with van der Waals surface area (Å²) in [7, 11) is 0. The number of hydrogen-bond acceptors (Lipinski definition) is 1. The molecule has 0 aliphatic heterocycles. The van der Waals surface area contributed by atoms with E-state index in [0.717, 1.165) is 17.5 Å². The Hall–Kier alpha value is -1.16. The van der Waals surface area contributed by atoms with Gasteiger partial charge in [0.25, 0.3) is 0 Å². The van der Waals surface area contributed by atoms with Crippen LogP contribution in [0.2, 0.25) is 0 Å². The average Bonchev–Trinajstić information content (AvgIpc) is 2.68. The first-order chi connectivity index (χ1) is 7.49. The lowest BCUT2D eigenvalue weighted by Gasteiger charge is -2.06. The van der Waals surface area contributed by atoms with Gasteiger partial charge in [0.05, 0.1) is 11.0 Å². The number of aromatic nitrogens is 2. The third-order valence-electron chi connectivity index (χ3n) is 3.45. The normalized spacial score (nSPS) is 22.6. The van der Waals surface area contributed by atoms with E-state index < -0.39 is 0 Å². The molecule has 3 rings (SSSR count). The standard InChI is InChI=1S/C12H13FN2S/c1-12(2)6-10(12)15-9-5-7(13)3-4-8(9)14-11(15)16/h3-5,10H,6H2,1-2H3,(H,14,16). The maximum absolute atomic E-state index is 13.2. The van der Waals surface area contributed by atoms with E-state index in [1.54, 1.807) is 12.1 Å². The number of nitrogens with zero attached hydrogens (tertiary/aromatic N) is 1. The van der Waals surface area contributed by atoms with E-state index in [4.69, 9.17) is 12.2 Å². The first kappa shape index (κ1) is 10.0. The highest BCUT2D eigenvalue weighted by atomic mass is 32.1. The van der Waals surface area contributed by atoms with E-state index in [2.05, 4.69) is 18.8 Å². The number of fused-ring (bicyclic) bond motifs is 1. The van der Waals surface area contributed by atoms with Crippen molar-refractivity contribution in [3.05, 3.63) is 28.8 Å². The van der Waals surface area contributed by atoms with Crippen molar-refractivity contribution >= 4 is 23.3 Å². The molecule has 84 valence electrons. The zero-order valence-electron chi connectivity index (χ0n) is 9.25. The van der Waals surface area contributed by atoms with Gasteiger partial charge in [-0.1, -0.05) is 13.8 Å². The molecule has 0 bridgehead atoms. The summed E-state index contributed by atoms with van der Waals surface area (Å²) in [4.78, 5) is 3.12. The number of H-pyrrole nitrogens is 1. The van der Waals surface area contributed by atoms with Crippen LogP contribution in [0.25, 0.3) is 11.0 Å². The van der Waals surface area contributed by atoms with Crippen molar-refractivity contribution in [1.82, 2.24) is 9.55 Å². The van der Waals surface area contributed by atoms with E-state index in [1.807, 2.05) is 4.57 Å². The monoisotopic (exact) mass is 236 g/mol. The second kappa shape index (κ2) is 2.94. The third kappa shape index (κ3) is 1.33. The number of benzene rings is 1. The van der Waals surface area contributed by atoms with E-state index in [0.29, 0.717) is 10.8 Å². The van der Waals surface area contributed by atoms with Gasteiger partial charge in [-0.3, -0.25) is 0 Å². The van der Waals surface area contributed by atoms with Gasteiger partial charge >= 0.3 is 0 Å². The van der Waals surface area contributed by atoms with Crippen LogP contribution in [0.3, 0.4) is 0 Å². The molecule has 1 atom stereocenters. The van der Waals surface area contributed by atoms with Gasteiger partial charge in [-0.05, 0) is 42.3 Å². The fraction of sp³-hybridized carbons (Fsp3) is 0.417. The smallest absolute Gasteiger partial charge is 0.178 e. The van der Waals surface area contributed by atoms with E-state index in [-0.39, 0.29) is 11.2 Å². The number of aromatic amines is 1. The highest BCUT2D eigenvalue weighted by Crippen LogP contribution is 2.56. The van der Waals surface area contributed by atoms with E-state index >= 15 is 0 Å². The molecule has 4 heteroatoms. The first-order valence-corrected chi connectivity index (χ1v) is 5.80. The van der Waals surface area contributed by atoms with Crippen LogP contribution in [-0.4, -0.2) is 9.55 Å². The zero-order valence-corrected chi connectivity index (χ0v) is 10.1. The SMILES string of the molecule is CC1(C)CC1n1c(=S)[nH]c2ccc(F)cc21. The number of hydrogen-bond donors (Lipinski definition) is 1. The van der Waals surface area contributed by atoms with Crippen molar-refractivity contribution in [1.29, 1.82) is 0 Å². The molecular weight excluding hydrogens is 223 g/mol. The van der Waals surface area contributed by atoms with Crippen molar-refractivity contribution in [2.24, 2.45) is 5.41 Å². The lowest BCUT2D eigenvalue weighted by molar-refractivity contribution is 0.545. The molecule has 0 spiro atoms. The van der Waals surface area contributed by atoms with Crippen LogP contribution in [0.4, 0.5) is 4.39 Å². The molecule has 1 aliphatic carbocycles. The molecule has 1 N–H and O–H groups in total. The molecule has 1 heterocycles. The van der Waals surface area contributed by atoms with Crippen LogP contribution >= 0.6 is 12.2 Å². The molecule has 1 fully saturated rings. The summed E-state index contributed by atoms with van der Waals surface area (Å²) in [5, 5.41) is 0. The van der Waals surface area contributed by atoms with Gasteiger partial charge in [-0.2, -0.15) is 0 Å². The molecular formula is C12H13FN2S. The van der Waals surface area contributed by atoms with Crippen LogP contribution in [0, 0.1) is 16.0 Å². The fourth-order valence-electron chi connectivity index (χ4n) is 2.28. The molecule has 2 aromatic rings. The summed E-state index contributed by atoms with van der Waals surface area (Å²) in [5.74, 6) is -0.214. The second-order valence-electron chi connectivity index (χ2n) is 5.17. The van der Waals surface area contributed by atoms with Crippen LogP contribution < -0.4 is 0 Å². The minimum absolute atomic E-state index is 0.214. The van der Waals surface area contributed by atoms with Crippen molar-refractivity contribution in [3.63, 3.8) is 0 Å². The maximum atomic E-state index is 13.2. The Balaban J connectivity index is 2.27. The van der Waals surface area contributed by atoms with Gasteiger partial charge in [-0.25, -0.2) is 4.39 Å². The molecule has 16 heavy (non-hydrogen) atoms. The highest BCUT2D eigenvalue weighted by molar-refractivity contribution is 7.71. The second-order valence-corrected chi connectivity index (χ2v) is 5.56. The van der Waals surface area contributed by atoms with Gasteiger partial charge in [-0.15, -0.1) is 0 Å². The largest absolute Gasteiger partial charge is 0.331 e. The van der Waals surface area contributed by atoms with Gasteiger partial charge in [0, 0.05) is 6.04 Å². The molecule has 0 saturated heterocycles. The van der Waals surface area contributed by atoms with Gasteiger partial charge < -0.3 is 9.55 Å². The zero-order chi connectivity index (χ0) is 11.5. The summed E-state index contributed by atoms with van der Waals surface area (Å²) in [6, 6.07) is 5.15. The van der Waals surface area contributed by atoms with Crippen molar-refractivity contribution < 1.29 is 4.39 Å². The molecule has 1 unspecified atom stereocenters. The average molecular weight is 236 g/mol. The summed E-state index contributed by atoms with van der Waals surface area (Å²) in [5.41, 5.74) is 2.06. The fourth-order valence-corrected chi connectivity index (χ4v) is 2.62. The molecule has 1 aromatic carbocycles. The Kier molecular flexibility index (Phi) is 1.84. The van der Waals surface area contributed by atoms with Crippen LogP contribution in [0.5, 0.6) is 0 Å². The Morgan fingerprint density at radius 2 is 2.19 bits per heavy atom. The van der Waals surface area contributed by atoms with Crippen LogP contribution in [-0.2, 0) is 0 Å². The summed E-state index contributed by atoms with van der Waals surface area (Å²) in [6.07, 6.45) is 1.10. The van der Waals surface area contributed by atoms with E-state index in [9.17, 15) is 4.39 Å². The van der Waals surface area contributed by atoms with Crippen molar-refractivity contribution in [2.75, 3.05) is 0 Å². The Bertz CT molecular complexity index is 623. The molecule has 1 saturated carbocycles. The summed E-state index contributed by atoms with van der Waals surface area (Å²) < 4.78 is 16.0. The summed E-state index contributed by atoms with van der Waals surface area (Å²) in [6.45, 7) is 4.41.